The average molecular weight is 181 g/mol. The highest BCUT2D eigenvalue weighted by Crippen LogP contribution is 2.44. The average Bonchev–Trinajstić information content (AvgIpc) is 2.47. The minimum atomic E-state index is 0.863. The molecular formula is C10H15NS. The molecule has 0 radical (unpaired) electrons. The molecule has 1 nitrogen and oxygen atoms in total. The highest BCUT2D eigenvalue weighted by Gasteiger charge is 2.29. The molecular weight excluding hydrogens is 166 g/mol. The third-order valence-electron chi connectivity index (χ3n) is 2.76. The van der Waals surface area contributed by atoms with E-state index in [2.05, 4.69) is 17.5 Å². The molecule has 0 saturated heterocycles. The van der Waals surface area contributed by atoms with Crippen LogP contribution in [0.2, 0.25) is 0 Å². The SMILES string of the molecule is NCCC1CC(c2cccs2)C1. The second kappa shape index (κ2) is 3.58. The van der Waals surface area contributed by atoms with Crippen molar-refractivity contribution in [3.8, 4) is 0 Å². The zero-order chi connectivity index (χ0) is 8.39. The Morgan fingerprint density at radius 2 is 2.33 bits per heavy atom. The molecule has 1 fully saturated rings. The number of hydrogen-bond acceptors (Lipinski definition) is 2. The van der Waals surface area contributed by atoms with E-state index in [-0.39, 0.29) is 0 Å². The van der Waals surface area contributed by atoms with Gasteiger partial charge in [0.2, 0.25) is 0 Å². The largest absolute Gasteiger partial charge is 0.330 e. The monoisotopic (exact) mass is 181 g/mol. The lowest BCUT2D eigenvalue weighted by Crippen LogP contribution is -2.23. The van der Waals surface area contributed by atoms with Gasteiger partial charge in [-0.2, -0.15) is 0 Å². The van der Waals surface area contributed by atoms with Crippen molar-refractivity contribution in [3.05, 3.63) is 22.4 Å². The van der Waals surface area contributed by atoms with Crippen molar-refractivity contribution >= 4 is 11.3 Å². The van der Waals surface area contributed by atoms with Crippen LogP contribution in [0, 0.1) is 5.92 Å². The second-order valence-corrected chi connectivity index (χ2v) is 4.61. The molecule has 0 aromatic carbocycles. The molecule has 0 bridgehead atoms. The lowest BCUT2D eigenvalue weighted by Gasteiger charge is -2.34. The van der Waals surface area contributed by atoms with Crippen LogP contribution in [-0.4, -0.2) is 6.54 Å². The van der Waals surface area contributed by atoms with E-state index in [9.17, 15) is 0 Å². The molecule has 2 heteroatoms. The molecule has 1 aromatic heterocycles. The molecule has 0 spiro atoms. The normalized spacial score (nSPS) is 28.4. The van der Waals surface area contributed by atoms with E-state index < -0.39 is 0 Å². The van der Waals surface area contributed by atoms with Gasteiger partial charge in [-0.15, -0.1) is 11.3 Å². The van der Waals surface area contributed by atoms with E-state index in [1.807, 2.05) is 11.3 Å². The molecule has 12 heavy (non-hydrogen) atoms. The Bertz CT molecular complexity index is 224. The summed E-state index contributed by atoms with van der Waals surface area (Å²) in [5, 5.41) is 2.17. The number of thiophene rings is 1. The Morgan fingerprint density at radius 1 is 1.50 bits per heavy atom. The summed E-state index contributed by atoms with van der Waals surface area (Å²) < 4.78 is 0. The highest BCUT2D eigenvalue weighted by atomic mass is 32.1. The van der Waals surface area contributed by atoms with Crippen molar-refractivity contribution < 1.29 is 0 Å². The van der Waals surface area contributed by atoms with Crippen LogP contribution in [0.5, 0.6) is 0 Å². The first-order chi connectivity index (χ1) is 5.90. The lowest BCUT2D eigenvalue weighted by atomic mass is 9.73. The van der Waals surface area contributed by atoms with E-state index in [0.717, 1.165) is 18.4 Å². The maximum Gasteiger partial charge on any atom is 0.00763 e. The third-order valence-corrected chi connectivity index (χ3v) is 3.79. The number of hydrogen-bond donors (Lipinski definition) is 1. The molecule has 0 unspecified atom stereocenters. The fraction of sp³-hybridized carbons (Fsp3) is 0.600. The van der Waals surface area contributed by atoms with Crippen molar-refractivity contribution in [1.29, 1.82) is 0 Å². The minimum absolute atomic E-state index is 0.863. The molecule has 0 atom stereocenters. The Morgan fingerprint density at radius 3 is 2.92 bits per heavy atom. The Hall–Kier alpha value is -0.340. The van der Waals surface area contributed by atoms with Crippen molar-refractivity contribution in [2.24, 2.45) is 11.7 Å². The van der Waals surface area contributed by atoms with E-state index in [1.54, 1.807) is 4.88 Å². The van der Waals surface area contributed by atoms with Gasteiger partial charge in [0.25, 0.3) is 0 Å². The first kappa shape index (κ1) is 8.27. The predicted octanol–water partition coefficient (Wildman–Crippen LogP) is 2.59. The quantitative estimate of drug-likeness (QED) is 0.762. The number of nitrogens with two attached hydrogens (primary N) is 1. The summed E-state index contributed by atoms with van der Waals surface area (Å²) in [6.45, 7) is 0.863. The van der Waals surface area contributed by atoms with Gasteiger partial charge in [0, 0.05) is 4.88 Å². The number of rotatable bonds is 3. The van der Waals surface area contributed by atoms with Gasteiger partial charge in [-0.05, 0) is 49.1 Å². The smallest absolute Gasteiger partial charge is 0.00763 e. The van der Waals surface area contributed by atoms with Crippen LogP contribution in [0.1, 0.15) is 30.1 Å². The van der Waals surface area contributed by atoms with Crippen LogP contribution in [0.4, 0.5) is 0 Å². The van der Waals surface area contributed by atoms with Crippen molar-refractivity contribution in [2.75, 3.05) is 6.54 Å². The van der Waals surface area contributed by atoms with Gasteiger partial charge in [-0.25, -0.2) is 0 Å². The summed E-state index contributed by atoms with van der Waals surface area (Å²) >= 11 is 1.90. The maximum absolute atomic E-state index is 5.51. The van der Waals surface area contributed by atoms with Crippen molar-refractivity contribution in [2.45, 2.75) is 25.2 Å². The topological polar surface area (TPSA) is 26.0 Å². The molecule has 66 valence electrons. The predicted molar refractivity (Wildman–Crippen MR) is 53.5 cm³/mol. The summed E-state index contributed by atoms with van der Waals surface area (Å²) in [6.07, 6.45) is 3.97. The van der Waals surface area contributed by atoms with Crippen LogP contribution in [0.3, 0.4) is 0 Å². The standard InChI is InChI=1S/C10H15NS/c11-4-3-8-6-9(7-8)10-2-1-5-12-10/h1-2,5,8-9H,3-4,6-7,11H2. The first-order valence-electron chi connectivity index (χ1n) is 4.63. The third kappa shape index (κ3) is 1.54. The van der Waals surface area contributed by atoms with Gasteiger partial charge in [0.1, 0.15) is 0 Å². The lowest BCUT2D eigenvalue weighted by molar-refractivity contribution is 0.254. The molecule has 0 amide bonds. The second-order valence-electron chi connectivity index (χ2n) is 3.63. The van der Waals surface area contributed by atoms with Crippen LogP contribution >= 0.6 is 11.3 Å². The minimum Gasteiger partial charge on any atom is -0.330 e. The van der Waals surface area contributed by atoms with Gasteiger partial charge in [0.15, 0.2) is 0 Å². The van der Waals surface area contributed by atoms with E-state index in [4.69, 9.17) is 5.73 Å². The highest BCUT2D eigenvalue weighted by molar-refractivity contribution is 7.10. The Kier molecular flexibility index (Phi) is 2.47. The van der Waals surface area contributed by atoms with E-state index in [1.165, 1.54) is 19.3 Å². The van der Waals surface area contributed by atoms with Crippen LogP contribution in [-0.2, 0) is 0 Å². The Balaban J connectivity index is 1.82. The molecule has 1 aliphatic carbocycles. The Labute approximate surface area is 77.6 Å². The van der Waals surface area contributed by atoms with Crippen molar-refractivity contribution in [1.82, 2.24) is 0 Å². The fourth-order valence-corrected chi connectivity index (χ4v) is 2.82. The van der Waals surface area contributed by atoms with E-state index in [0.29, 0.717) is 0 Å². The molecule has 2 rings (SSSR count). The van der Waals surface area contributed by atoms with Crippen LogP contribution < -0.4 is 5.73 Å². The summed E-state index contributed by atoms with van der Waals surface area (Å²) in [4.78, 5) is 1.57. The first-order valence-corrected chi connectivity index (χ1v) is 5.51. The molecule has 1 aliphatic rings. The van der Waals surface area contributed by atoms with Gasteiger partial charge < -0.3 is 5.73 Å². The summed E-state index contributed by atoms with van der Waals surface area (Å²) in [6, 6.07) is 4.41. The molecule has 1 aromatic rings. The van der Waals surface area contributed by atoms with Crippen LogP contribution in [0.15, 0.2) is 17.5 Å². The fourth-order valence-electron chi connectivity index (χ4n) is 1.96. The summed E-state index contributed by atoms with van der Waals surface area (Å²) in [5.74, 6) is 1.78. The summed E-state index contributed by atoms with van der Waals surface area (Å²) in [5.41, 5.74) is 5.51. The van der Waals surface area contributed by atoms with Gasteiger partial charge in [-0.1, -0.05) is 6.07 Å². The van der Waals surface area contributed by atoms with Crippen LogP contribution in [0.25, 0.3) is 0 Å². The molecule has 1 saturated carbocycles. The maximum atomic E-state index is 5.51. The van der Waals surface area contributed by atoms with E-state index >= 15 is 0 Å². The zero-order valence-electron chi connectivity index (χ0n) is 7.20. The van der Waals surface area contributed by atoms with Crippen molar-refractivity contribution in [3.63, 3.8) is 0 Å². The summed E-state index contributed by atoms with van der Waals surface area (Å²) in [7, 11) is 0. The van der Waals surface area contributed by atoms with Gasteiger partial charge in [-0.3, -0.25) is 0 Å². The zero-order valence-corrected chi connectivity index (χ0v) is 8.02. The molecule has 1 heterocycles. The van der Waals surface area contributed by atoms with Gasteiger partial charge >= 0.3 is 0 Å². The van der Waals surface area contributed by atoms with Gasteiger partial charge in [0.05, 0.1) is 0 Å². The molecule has 0 aliphatic heterocycles. The molecule has 2 N–H and O–H groups in total.